The molecule has 19 heavy (non-hydrogen) atoms. The number of hydrogen-bond donors (Lipinski definition) is 1. The summed E-state index contributed by atoms with van der Waals surface area (Å²) < 4.78 is 9.77. The highest BCUT2D eigenvalue weighted by molar-refractivity contribution is 5.70. The van der Waals surface area contributed by atoms with Gasteiger partial charge in [0.2, 0.25) is 0 Å². The number of rotatable bonds is 12. The predicted molar refractivity (Wildman–Crippen MR) is 71.6 cm³/mol. The number of aliphatic hydroxyl groups excluding tert-OH is 1. The lowest BCUT2D eigenvalue weighted by atomic mass is 10.2. The van der Waals surface area contributed by atoms with E-state index in [0.29, 0.717) is 25.9 Å². The zero-order valence-electron chi connectivity index (χ0n) is 11.9. The van der Waals surface area contributed by atoms with E-state index in [0.717, 1.165) is 12.8 Å². The van der Waals surface area contributed by atoms with Crippen molar-refractivity contribution >= 4 is 11.9 Å². The number of esters is 2. The Morgan fingerprint density at radius 3 is 1.95 bits per heavy atom. The second-order valence-corrected chi connectivity index (χ2v) is 4.43. The summed E-state index contributed by atoms with van der Waals surface area (Å²) in [6, 6.07) is 0. The van der Waals surface area contributed by atoms with Crippen molar-refractivity contribution in [2.45, 2.75) is 58.3 Å². The fourth-order valence-electron chi connectivity index (χ4n) is 1.56. The molecule has 0 saturated heterocycles. The lowest BCUT2D eigenvalue weighted by Crippen LogP contribution is -2.09. The van der Waals surface area contributed by atoms with E-state index in [1.54, 1.807) is 0 Å². The Kier molecular flexibility index (Phi) is 12.6. The lowest BCUT2D eigenvalue weighted by Gasteiger charge is -2.05. The molecule has 112 valence electrons. The van der Waals surface area contributed by atoms with Crippen LogP contribution in [0.1, 0.15) is 58.3 Å². The monoisotopic (exact) mass is 274 g/mol. The number of unbranched alkanes of at least 4 members (excludes halogenated alkanes) is 4. The van der Waals surface area contributed by atoms with E-state index in [1.807, 2.05) is 0 Å². The van der Waals surface area contributed by atoms with Gasteiger partial charge in [0.15, 0.2) is 0 Å². The number of ether oxygens (including phenoxy) is 2. The van der Waals surface area contributed by atoms with Gasteiger partial charge in [-0.15, -0.1) is 0 Å². The molecule has 0 radical (unpaired) electrons. The fourth-order valence-corrected chi connectivity index (χ4v) is 1.56. The minimum atomic E-state index is -0.331. The smallest absolute Gasteiger partial charge is 0.305 e. The average Bonchev–Trinajstić information content (AvgIpc) is 2.41. The van der Waals surface area contributed by atoms with Crippen LogP contribution in [0.3, 0.4) is 0 Å². The molecule has 0 fully saturated rings. The molecule has 0 atom stereocenters. The summed E-state index contributed by atoms with van der Waals surface area (Å²) in [5, 5.41) is 8.46. The molecule has 0 amide bonds. The van der Waals surface area contributed by atoms with Gasteiger partial charge in [-0.25, -0.2) is 0 Å². The first-order valence-electron chi connectivity index (χ1n) is 7.12. The molecule has 0 rings (SSSR count). The third-order valence-corrected chi connectivity index (χ3v) is 2.63. The molecule has 0 aromatic rings. The van der Waals surface area contributed by atoms with Crippen molar-refractivity contribution in [1.29, 1.82) is 0 Å². The Bertz CT molecular complexity index is 240. The molecular weight excluding hydrogens is 248 g/mol. The summed E-state index contributed by atoms with van der Waals surface area (Å²) in [5.41, 5.74) is 0. The molecule has 0 aliphatic carbocycles. The van der Waals surface area contributed by atoms with Crippen LogP contribution in [0, 0.1) is 0 Å². The molecule has 0 aromatic heterocycles. The first kappa shape index (κ1) is 17.9. The first-order valence-corrected chi connectivity index (χ1v) is 7.12. The third kappa shape index (κ3) is 13.1. The van der Waals surface area contributed by atoms with Gasteiger partial charge in [0.1, 0.15) is 6.61 Å². The summed E-state index contributed by atoms with van der Waals surface area (Å²) in [4.78, 5) is 22.4. The Morgan fingerprint density at radius 1 is 0.842 bits per heavy atom. The Balaban J connectivity index is 3.31. The van der Waals surface area contributed by atoms with Gasteiger partial charge in [-0.1, -0.05) is 26.2 Å². The summed E-state index contributed by atoms with van der Waals surface area (Å²) in [5.74, 6) is -0.526. The van der Waals surface area contributed by atoms with Gasteiger partial charge in [0.25, 0.3) is 0 Å². The van der Waals surface area contributed by atoms with Crippen molar-refractivity contribution in [2.75, 3.05) is 19.8 Å². The number of carbonyl (C=O) groups is 2. The minimum absolute atomic E-state index is 0.0403. The molecule has 0 aromatic carbocycles. The summed E-state index contributed by atoms with van der Waals surface area (Å²) >= 11 is 0. The van der Waals surface area contributed by atoms with Crippen LogP contribution in [0.2, 0.25) is 0 Å². The third-order valence-electron chi connectivity index (χ3n) is 2.63. The highest BCUT2D eigenvalue weighted by atomic mass is 16.5. The molecule has 0 aliphatic heterocycles. The quantitative estimate of drug-likeness (QED) is 0.436. The Hall–Kier alpha value is -1.10. The molecule has 0 spiro atoms. The Labute approximate surface area is 115 Å². The van der Waals surface area contributed by atoms with Crippen molar-refractivity contribution in [2.24, 2.45) is 0 Å². The van der Waals surface area contributed by atoms with E-state index in [9.17, 15) is 9.59 Å². The van der Waals surface area contributed by atoms with Gasteiger partial charge in [-0.2, -0.15) is 0 Å². The second kappa shape index (κ2) is 13.3. The number of carbonyl (C=O) groups excluding carboxylic acids is 2. The van der Waals surface area contributed by atoms with Crippen LogP contribution in [0.15, 0.2) is 0 Å². The van der Waals surface area contributed by atoms with Crippen molar-refractivity contribution in [3.63, 3.8) is 0 Å². The zero-order chi connectivity index (χ0) is 14.3. The molecule has 0 saturated carbocycles. The van der Waals surface area contributed by atoms with Crippen LogP contribution in [0.25, 0.3) is 0 Å². The van der Waals surface area contributed by atoms with E-state index < -0.39 is 0 Å². The van der Waals surface area contributed by atoms with Crippen molar-refractivity contribution in [3.05, 3.63) is 0 Å². The SMILES string of the molecule is CCCCCCOC(=O)CCCCC(=O)OCCO. The minimum Gasteiger partial charge on any atom is -0.466 e. The lowest BCUT2D eigenvalue weighted by molar-refractivity contribution is -0.146. The van der Waals surface area contributed by atoms with E-state index in [1.165, 1.54) is 12.8 Å². The molecule has 5 nitrogen and oxygen atoms in total. The van der Waals surface area contributed by atoms with E-state index in [4.69, 9.17) is 14.6 Å². The summed E-state index contributed by atoms with van der Waals surface area (Å²) in [7, 11) is 0. The largest absolute Gasteiger partial charge is 0.466 e. The van der Waals surface area contributed by atoms with E-state index >= 15 is 0 Å². The highest BCUT2D eigenvalue weighted by Crippen LogP contribution is 2.04. The average molecular weight is 274 g/mol. The first-order chi connectivity index (χ1) is 9.20. The van der Waals surface area contributed by atoms with Crippen molar-refractivity contribution in [1.82, 2.24) is 0 Å². The van der Waals surface area contributed by atoms with Crippen LogP contribution in [0.5, 0.6) is 0 Å². The zero-order valence-corrected chi connectivity index (χ0v) is 11.9. The standard InChI is InChI=1S/C14H26O5/c1-2-3-4-7-11-18-13(16)8-5-6-9-14(17)19-12-10-15/h15H,2-12H2,1H3. The van der Waals surface area contributed by atoms with Gasteiger partial charge < -0.3 is 14.6 Å². The molecule has 0 heterocycles. The Morgan fingerprint density at radius 2 is 1.42 bits per heavy atom. The van der Waals surface area contributed by atoms with Crippen molar-refractivity contribution in [3.8, 4) is 0 Å². The van der Waals surface area contributed by atoms with Crippen LogP contribution < -0.4 is 0 Å². The number of aliphatic hydroxyl groups is 1. The topological polar surface area (TPSA) is 72.8 Å². The van der Waals surface area contributed by atoms with Gasteiger partial charge in [-0.05, 0) is 19.3 Å². The summed E-state index contributed by atoms with van der Waals surface area (Å²) in [6.07, 6.45) is 6.23. The molecule has 1 N–H and O–H groups in total. The summed E-state index contributed by atoms with van der Waals surface area (Å²) in [6.45, 7) is 2.52. The maximum atomic E-state index is 11.3. The fraction of sp³-hybridized carbons (Fsp3) is 0.857. The molecule has 0 bridgehead atoms. The molecule has 5 heteroatoms. The van der Waals surface area contributed by atoms with E-state index in [-0.39, 0.29) is 31.6 Å². The van der Waals surface area contributed by atoms with E-state index in [2.05, 4.69) is 6.92 Å². The van der Waals surface area contributed by atoms with Gasteiger partial charge in [-0.3, -0.25) is 9.59 Å². The van der Waals surface area contributed by atoms with Crippen LogP contribution >= 0.6 is 0 Å². The normalized spacial score (nSPS) is 10.2. The maximum Gasteiger partial charge on any atom is 0.305 e. The van der Waals surface area contributed by atoms with Crippen molar-refractivity contribution < 1.29 is 24.2 Å². The molecule has 0 aliphatic rings. The van der Waals surface area contributed by atoms with Crippen LogP contribution in [0.4, 0.5) is 0 Å². The highest BCUT2D eigenvalue weighted by Gasteiger charge is 2.05. The predicted octanol–water partition coefficient (Wildman–Crippen LogP) is 2.21. The molecular formula is C14H26O5. The van der Waals surface area contributed by atoms with Crippen LogP contribution in [-0.2, 0) is 19.1 Å². The molecule has 0 unspecified atom stereocenters. The van der Waals surface area contributed by atoms with Gasteiger partial charge in [0.05, 0.1) is 13.2 Å². The number of hydrogen-bond acceptors (Lipinski definition) is 5. The van der Waals surface area contributed by atoms with Gasteiger partial charge >= 0.3 is 11.9 Å². The second-order valence-electron chi connectivity index (χ2n) is 4.43. The van der Waals surface area contributed by atoms with Crippen LogP contribution in [-0.4, -0.2) is 36.9 Å². The maximum absolute atomic E-state index is 11.3. The van der Waals surface area contributed by atoms with Gasteiger partial charge in [0, 0.05) is 12.8 Å².